The third-order valence-electron chi connectivity index (χ3n) is 4.42. The van der Waals surface area contributed by atoms with E-state index < -0.39 is 0 Å². The molecule has 140 valence electrons. The molecule has 0 aliphatic heterocycles. The fraction of sp³-hybridized carbons (Fsp3) is 0.727. The van der Waals surface area contributed by atoms with Gasteiger partial charge in [0.15, 0.2) is 0 Å². The summed E-state index contributed by atoms with van der Waals surface area (Å²) >= 11 is 0. The zero-order valence-electron chi connectivity index (χ0n) is 18.1. The standard InChI is InChI=1S/C22H39N.ClH/c1-19(2,3)14-13-15(23)17(21(7,8)9)18(22(10,11)12)16(14)20(4,5)6;/h13H,23H2,1-12H3;1H. The minimum atomic E-state index is 0. The molecule has 0 saturated carbocycles. The van der Waals surface area contributed by atoms with E-state index in [4.69, 9.17) is 5.73 Å². The monoisotopic (exact) mass is 353 g/mol. The quantitative estimate of drug-likeness (QED) is 0.505. The van der Waals surface area contributed by atoms with E-state index in [2.05, 4.69) is 89.2 Å². The third-order valence-corrected chi connectivity index (χ3v) is 4.42. The normalized spacial score (nSPS) is 13.7. The van der Waals surface area contributed by atoms with Crippen molar-refractivity contribution in [3.05, 3.63) is 28.3 Å². The van der Waals surface area contributed by atoms with Gasteiger partial charge in [-0.15, -0.1) is 12.4 Å². The molecule has 1 aromatic rings. The van der Waals surface area contributed by atoms with E-state index in [1.807, 2.05) is 0 Å². The fourth-order valence-electron chi connectivity index (χ4n) is 3.63. The lowest BCUT2D eigenvalue weighted by Crippen LogP contribution is -2.33. The summed E-state index contributed by atoms with van der Waals surface area (Å²) in [6.07, 6.45) is 0. The average molecular weight is 354 g/mol. The molecule has 0 aromatic heterocycles. The Morgan fingerprint density at radius 3 is 1.12 bits per heavy atom. The predicted octanol–water partition coefficient (Wildman–Crippen LogP) is 6.88. The van der Waals surface area contributed by atoms with Crippen molar-refractivity contribution in [1.82, 2.24) is 0 Å². The first-order valence-electron chi connectivity index (χ1n) is 8.87. The second-order valence-corrected chi connectivity index (χ2v) is 11.1. The first kappa shape index (κ1) is 23.3. The maximum absolute atomic E-state index is 6.61. The number of nitrogen functional groups attached to an aromatic ring is 1. The molecule has 1 rings (SSSR count). The third kappa shape index (κ3) is 4.69. The van der Waals surface area contributed by atoms with E-state index >= 15 is 0 Å². The Hall–Kier alpha value is -0.690. The molecular weight excluding hydrogens is 314 g/mol. The van der Waals surface area contributed by atoms with E-state index in [9.17, 15) is 0 Å². The van der Waals surface area contributed by atoms with Gasteiger partial charge in [0.1, 0.15) is 0 Å². The van der Waals surface area contributed by atoms with Gasteiger partial charge in [-0.05, 0) is 50.0 Å². The fourth-order valence-corrected chi connectivity index (χ4v) is 3.63. The Kier molecular flexibility index (Phi) is 6.37. The highest BCUT2D eigenvalue weighted by Gasteiger charge is 2.37. The lowest BCUT2D eigenvalue weighted by atomic mass is 9.64. The SMILES string of the molecule is CC(C)(C)c1cc(N)c(C(C)(C)C)c(C(C)(C)C)c1C(C)(C)C.Cl. The molecule has 0 heterocycles. The molecule has 0 unspecified atom stereocenters. The summed E-state index contributed by atoms with van der Waals surface area (Å²) in [4.78, 5) is 0. The molecular formula is C22H40ClN. The van der Waals surface area contributed by atoms with Crippen molar-refractivity contribution in [3.8, 4) is 0 Å². The molecule has 0 aliphatic carbocycles. The minimum Gasteiger partial charge on any atom is -0.398 e. The molecule has 0 saturated heterocycles. The zero-order chi connectivity index (χ0) is 18.6. The molecule has 0 atom stereocenters. The summed E-state index contributed by atoms with van der Waals surface area (Å²) in [5, 5.41) is 0. The maximum Gasteiger partial charge on any atom is 0.0358 e. The smallest absolute Gasteiger partial charge is 0.0358 e. The summed E-state index contributed by atoms with van der Waals surface area (Å²) in [5.74, 6) is 0. The van der Waals surface area contributed by atoms with Crippen LogP contribution < -0.4 is 5.73 Å². The van der Waals surface area contributed by atoms with E-state index in [0.29, 0.717) is 0 Å². The van der Waals surface area contributed by atoms with Gasteiger partial charge in [0.05, 0.1) is 0 Å². The number of hydrogen-bond acceptors (Lipinski definition) is 1. The summed E-state index contributed by atoms with van der Waals surface area (Å²) < 4.78 is 0. The van der Waals surface area contributed by atoms with Crippen molar-refractivity contribution in [2.45, 2.75) is 105 Å². The Morgan fingerprint density at radius 2 is 0.875 bits per heavy atom. The van der Waals surface area contributed by atoms with Gasteiger partial charge in [0, 0.05) is 5.69 Å². The van der Waals surface area contributed by atoms with Crippen LogP contribution in [0.4, 0.5) is 5.69 Å². The molecule has 1 aromatic carbocycles. The lowest BCUT2D eigenvalue weighted by molar-refractivity contribution is 0.478. The highest BCUT2D eigenvalue weighted by molar-refractivity contribution is 5.85. The van der Waals surface area contributed by atoms with Crippen LogP contribution in [0.15, 0.2) is 6.07 Å². The van der Waals surface area contributed by atoms with Crippen LogP contribution in [0, 0.1) is 0 Å². The second kappa shape index (κ2) is 6.56. The van der Waals surface area contributed by atoms with Gasteiger partial charge in [0.25, 0.3) is 0 Å². The van der Waals surface area contributed by atoms with Crippen molar-refractivity contribution >= 4 is 18.1 Å². The van der Waals surface area contributed by atoms with Crippen LogP contribution in [0.25, 0.3) is 0 Å². The molecule has 0 bridgehead atoms. The van der Waals surface area contributed by atoms with Crippen molar-refractivity contribution in [1.29, 1.82) is 0 Å². The largest absolute Gasteiger partial charge is 0.398 e. The van der Waals surface area contributed by atoms with Crippen molar-refractivity contribution in [3.63, 3.8) is 0 Å². The molecule has 0 fully saturated rings. The van der Waals surface area contributed by atoms with Crippen molar-refractivity contribution in [2.24, 2.45) is 0 Å². The number of benzene rings is 1. The van der Waals surface area contributed by atoms with Crippen LogP contribution in [0.2, 0.25) is 0 Å². The minimum absolute atomic E-state index is 0. The van der Waals surface area contributed by atoms with Gasteiger partial charge >= 0.3 is 0 Å². The van der Waals surface area contributed by atoms with Gasteiger partial charge in [-0.2, -0.15) is 0 Å². The first-order chi connectivity index (χ1) is 9.88. The van der Waals surface area contributed by atoms with E-state index in [0.717, 1.165) is 5.69 Å². The van der Waals surface area contributed by atoms with Crippen LogP contribution in [0.5, 0.6) is 0 Å². The molecule has 2 N–H and O–H groups in total. The molecule has 0 spiro atoms. The van der Waals surface area contributed by atoms with Crippen LogP contribution in [0.1, 0.15) is 105 Å². The van der Waals surface area contributed by atoms with Crippen LogP contribution in [-0.4, -0.2) is 0 Å². The van der Waals surface area contributed by atoms with Gasteiger partial charge in [-0.3, -0.25) is 0 Å². The van der Waals surface area contributed by atoms with Crippen LogP contribution in [0.3, 0.4) is 0 Å². The van der Waals surface area contributed by atoms with Gasteiger partial charge in [-0.25, -0.2) is 0 Å². The Bertz CT molecular complexity index is 585. The predicted molar refractivity (Wildman–Crippen MR) is 113 cm³/mol. The molecule has 1 nitrogen and oxygen atoms in total. The van der Waals surface area contributed by atoms with Crippen molar-refractivity contribution < 1.29 is 0 Å². The Morgan fingerprint density at radius 1 is 0.542 bits per heavy atom. The number of nitrogens with two attached hydrogens (primary N) is 1. The van der Waals surface area contributed by atoms with Gasteiger partial charge in [0.2, 0.25) is 0 Å². The van der Waals surface area contributed by atoms with E-state index in [1.54, 1.807) is 0 Å². The first-order valence-corrected chi connectivity index (χ1v) is 8.87. The molecule has 0 radical (unpaired) electrons. The molecule has 0 amide bonds. The number of anilines is 1. The van der Waals surface area contributed by atoms with E-state index in [1.165, 1.54) is 22.3 Å². The second-order valence-electron chi connectivity index (χ2n) is 11.1. The summed E-state index contributed by atoms with van der Waals surface area (Å²) in [6, 6.07) is 2.25. The summed E-state index contributed by atoms with van der Waals surface area (Å²) in [7, 11) is 0. The van der Waals surface area contributed by atoms with Crippen LogP contribution >= 0.6 is 12.4 Å². The zero-order valence-corrected chi connectivity index (χ0v) is 18.9. The maximum atomic E-state index is 6.61. The molecule has 24 heavy (non-hydrogen) atoms. The van der Waals surface area contributed by atoms with Gasteiger partial charge < -0.3 is 5.73 Å². The molecule has 0 aliphatic rings. The van der Waals surface area contributed by atoms with E-state index in [-0.39, 0.29) is 34.1 Å². The lowest BCUT2D eigenvalue weighted by Gasteiger charge is -2.41. The topological polar surface area (TPSA) is 26.0 Å². The summed E-state index contributed by atoms with van der Waals surface area (Å²) in [5.41, 5.74) is 13.4. The average Bonchev–Trinajstić information content (AvgIpc) is 2.21. The highest BCUT2D eigenvalue weighted by Crippen LogP contribution is 2.47. The Balaban J connectivity index is 0.00000529. The van der Waals surface area contributed by atoms with Gasteiger partial charge in [-0.1, -0.05) is 83.1 Å². The number of hydrogen-bond donors (Lipinski definition) is 1. The molecule has 2 heteroatoms. The number of rotatable bonds is 0. The van der Waals surface area contributed by atoms with Crippen molar-refractivity contribution in [2.75, 3.05) is 5.73 Å². The Labute approximate surface area is 157 Å². The van der Waals surface area contributed by atoms with Crippen LogP contribution in [-0.2, 0) is 21.7 Å². The highest BCUT2D eigenvalue weighted by atomic mass is 35.5. The number of halogens is 1. The summed E-state index contributed by atoms with van der Waals surface area (Å²) in [6.45, 7) is 27.6.